The van der Waals surface area contributed by atoms with E-state index in [2.05, 4.69) is 10.9 Å². The standard InChI is InChI=1S/C17H15ClN2O3/c18-14-8-4-5-9-15(14)23-12-17(22)20-19-16(21)11-10-13-6-2-1-3-7-13/h1-11H,12H2,(H,19,21)(H,20,22). The summed E-state index contributed by atoms with van der Waals surface area (Å²) in [6, 6.07) is 16.2. The molecule has 2 aromatic carbocycles. The van der Waals surface area contributed by atoms with E-state index in [4.69, 9.17) is 16.3 Å². The lowest BCUT2D eigenvalue weighted by Crippen LogP contribution is -2.43. The van der Waals surface area contributed by atoms with E-state index in [1.807, 2.05) is 30.3 Å². The number of ether oxygens (including phenoxy) is 1. The van der Waals surface area contributed by atoms with Gasteiger partial charge < -0.3 is 4.74 Å². The first kappa shape index (κ1) is 16.6. The van der Waals surface area contributed by atoms with E-state index < -0.39 is 11.8 Å². The Labute approximate surface area is 138 Å². The zero-order valence-corrected chi connectivity index (χ0v) is 12.9. The summed E-state index contributed by atoms with van der Waals surface area (Å²) in [5.74, 6) is -0.536. The molecule has 0 fully saturated rings. The second-order valence-corrected chi connectivity index (χ2v) is 4.91. The van der Waals surface area contributed by atoms with Crippen molar-refractivity contribution in [1.82, 2.24) is 10.9 Å². The van der Waals surface area contributed by atoms with Crippen molar-refractivity contribution in [3.63, 3.8) is 0 Å². The number of hydrazine groups is 1. The summed E-state index contributed by atoms with van der Waals surface area (Å²) < 4.78 is 5.25. The number of halogens is 1. The quantitative estimate of drug-likeness (QED) is 0.654. The van der Waals surface area contributed by atoms with Crippen molar-refractivity contribution in [3.8, 4) is 5.75 Å². The zero-order chi connectivity index (χ0) is 16.5. The molecule has 0 radical (unpaired) electrons. The van der Waals surface area contributed by atoms with E-state index in [-0.39, 0.29) is 6.61 Å². The topological polar surface area (TPSA) is 67.4 Å². The highest BCUT2D eigenvalue weighted by molar-refractivity contribution is 6.32. The molecule has 2 amide bonds. The molecule has 0 atom stereocenters. The van der Waals surface area contributed by atoms with Crippen LogP contribution in [0.2, 0.25) is 5.02 Å². The van der Waals surface area contributed by atoms with Crippen LogP contribution in [0.3, 0.4) is 0 Å². The average molecular weight is 331 g/mol. The molecule has 0 aliphatic carbocycles. The molecule has 118 valence electrons. The van der Waals surface area contributed by atoms with Crippen molar-refractivity contribution in [2.24, 2.45) is 0 Å². The Kier molecular flexibility index (Phi) is 6.20. The van der Waals surface area contributed by atoms with Gasteiger partial charge in [0.15, 0.2) is 6.61 Å². The SMILES string of the molecule is O=C(C=Cc1ccccc1)NNC(=O)COc1ccccc1Cl. The Balaban J connectivity index is 1.73. The van der Waals surface area contributed by atoms with Crippen molar-refractivity contribution in [2.45, 2.75) is 0 Å². The highest BCUT2D eigenvalue weighted by Crippen LogP contribution is 2.22. The minimum absolute atomic E-state index is 0.258. The molecule has 23 heavy (non-hydrogen) atoms. The van der Waals surface area contributed by atoms with Crippen molar-refractivity contribution in [3.05, 3.63) is 71.3 Å². The largest absolute Gasteiger partial charge is 0.482 e. The van der Waals surface area contributed by atoms with Gasteiger partial charge in [0.05, 0.1) is 5.02 Å². The molecule has 0 aliphatic rings. The van der Waals surface area contributed by atoms with Gasteiger partial charge in [-0.25, -0.2) is 0 Å². The molecule has 0 saturated carbocycles. The van der Waals surface area contributed by atoms with Crippen LogP contribution < -0.4 is 15.6 Å². The highest BCUT2D eigenvalue weighted by atomic mass is 35.5. The number of nitrogens with one attached hydrogen (secondary N) is 2. The molecule has 0 heterocycles. The molecule has 0 spiro atoms. The van der Waals surface area contributed by atoms with E-state index in [1.165, 1.54) is 6.08 Å². The molecule has 0 saturated heterocycles. The minimum atomic E-state index is -0.494. The van der Waals surface area contributed by atoms with Gasteiger partial charge in [0.2, 0.25) is 0 Å². The van der Waals surface area contributed by atoms with Crippen LogP contribution in [0, 0.1) is 0 Å². The third-order valence-electron chi connectivity index (χ3n) is 2.75. The molecule has 0 aromatic heterocycles. The predicted molar refractivity (Wildman–Crippen MR) is 88.7 cm³/mol. The first-order valence-electron chi connectivity index (χ1n) is 6.84. The summed E-state index contributed by atoms with van der Waals surface area (Å²) in [6.45, 7) is -0.258. The van der Waals surface area contributed by atoms with Crippen LogP contribution in [0.25, 0.3) is 6.08 Å². The summed E-state index contributed by atoms with van der Waals surface area (Å²) >= 11 is 5.90. The molecule has 2 rings (SSSR count). The van der Waals surface area contributed by atoms with E-state index in [0.29, 0.717) is 10.8 Å². The Morgan fingerprint density at radius 3 is 2.43 bits per heavy atom. The first-order valence-corrected chi connectivity index (χ1v) is 7.22. The summed E-state index contributed by atoms with van der Waals surface area (Å²) in [5, 5.41) is 0.412. The maximum absolute atomic E-state index is 11.6. The van der Waals surface area contributed by atoms with E-state index >= 15 is 0 Å². The third kappa shape index (κ3) is 5.84. The fourth-order valence-corrected chi connectivity index (χ4v) is 1.84. The van der Waals surface area contributed by atoms with Crippen molar-refractivity contribution in [2.75, 3.05) is 6.61 Å². The number of rotatable bonds is 5. The van der Waals surface area contributed by atoms with Gasteiger partial charge in [0.25, 0.3) is 11.8 Å². The number of hydrogen-bond donors (Lipinski definition) is 2. The number of para-hydroxylation sites is 1. The van der Waals surface area contributed by atoms with Gasteiger partial charge >= 0.3 is 0 Å². The van der Waals surface area contributed by atoms with Crippen LogP contribution >= 0.6 is 11.6 Å². The van der Waals surface area contributed by atoms with Crippen molar-refractivity contribution < 1.29 is 14.3 Å². The molecule has 0 aliphatic heterocycles. The van der Waals surface area contributed by atoms with Crippen LogP contribution in [-0.2, 0) is 9.59 Å². The van der Waals surface area contributed by atoms with Gasteiger partial charge in [0.1, 0.15) is 5.75 Å². The van der Waals surface area contributed by atoms with Crippen LogP contribution in [0.1, 0.15) is 5.56 Å². The summed E-state index contributed by atoms with van der Waals surface area (Å²) in [5.41, 5.74) is 5.40. The van der Waals surface area contributed by atoms with Gasteiger partial charge in [0, 0.05) is 6.08 Å². The smallest absolute Gasteiger partial charge is 0.276 e. The van der Waals surface area contributed by atoms with Gasteiger partial charge in [-0.1, -0.05) is 54.1 Å². The number of carbonyl (C=O) groups excluding carboxylic acids is 2. The fourth-order valence-electron chi connectivity index (χ4n) is 1.65. The monoisotopic (exact) mass is 330 g/mol. The lowest BCUT2D eigenvalue weighted by molar-refractivity contribution is -0.128. The fraction of sp³-hybridized carbons (Fsp3) is 0.0588. The Morgan fingerprint density at radius 1 is 1.00 bits per heavy atom. The first-order chi connectivity index (χ1) is 11.1. The van der Waals surface area contributed by atoms with Crippen molar-refractivity contribution in [1.29, 1.82) is 0 Å². The van der Waals surface area contributed by atoms with E-state index in [0.717, 1.165) is 5.56 Å². The Bertz CT molecular complexity index is 702. The van der Waals surface area contributed by atoms with E-state index in [9.17, 15) is 9.59 Å². The molecule has 0 unspecified atom stereocenters. The maximum atomic E-state index is 11.6. The second kappa shape index (κ2) is 8.60. The highest BCUT2D eigenvalue weighted by Gasteiger charge is 2.05. The third-order valence-corrected chi connectivity index (χ3v) is 3.06. The number of benzene rings is 2. The second-order valence-electron chi connectivity index (χ2n) is 4.50. The minimum Gasteiger partial charge on any atom is -0.482 e. The molecule has 6 heteroatoms. The maximum Gasteiger partial charge on any atom is 0.276 e. The molecule has 0 bridgehead atoms. The summed E-state index contributed by atoms with van der Waals surface area (Å²) in [6.07, 6.45) is 2.96. The number of carbonyl (C=O) groups is 2. The number of hydrogen-bond acceptors (Lipinski definition) is 3. The Hall–Kier alpha value is -2.79. The van der Waals surface area contributed by atoms with Gasteiger partial charge in [-0.3, -0.25) is 20.4 Å². The van der Waals surface area contributed by atoms with Crippen LogP contribution in [0.5, 0.6) is 5.75 Å². The lowest BCUT2D eigenvalue weighted by Gasteiger charge is -2.08. The summed E-state index contributed by atoms with van der Waals surface area (Å²) in [4.78, 5) is 23.2. The molecule has 5 nitrogen and oxygen atoms in total. The molecule has 2 aromatic rings. The van der Waals surface area contributed by atoms with Gasteiger partial charge in [-0.2, -0.15) is 0 Å². The average Bonchev–Trinajstić information content (AvgIpc) is 2.58. The van der Waals surface area contributed by atoms with Crippen LogP contribution in [0.4, 0.5) is 0 Å². The summed E-state index contributed by atoms with van der Waals surface area (Å²) in [7, 11) is 0. The molecular weight excluding hydrogens is 316 g/mol. The van der Waals surface area contributed by atoms with Crippen molar-refractivity contribution >= 4 is 29.5 Å². The zero-order valence-electron chi connectivity index (χ0n) is 12.2. The Morgan fingerprint density at radius 2 is 1.70 bits per heavy atom. The predicted octanol–water partition coefficient (Wildman–Crippen LogP) is 2.58. The van der Waals surface area contributed by atoms with Crippen LogP contribution in [-0.4, -0.2) is 18.4 Å². The van der Waals surface area contributed by atoms with Gasteiger partial charge in [-0.05, 0) is 23.8 Å². The van der Waals surface area contributed by atoms with Crippen LogP contribution in [0.15, 0.2) is 60.7 Å². The molecule has 2 N–H and O–H groups in total. The lowest BCUT2D eigenvalue weighted by atomic mass is 10.2. The number of amides is 2. The van der Waals surface area contributed by atoms with E-state index in [1.54, 1.807) is 30.3 Å². The van der Waals surface area contributed by atoms with Gasteiger partial charge in [-0.15, -0.1) is 0 Å². The normalized spacial score (nSPS) is 10.3. The molecular formula is C17H15ClN2O3.